The molecular formula is C14H43F3. The molecule has 17 heavy (non-hydrogen) atoms. The molecule has 3 heteroatoms. The summed E-state index contributed by atoms with van der Waals surface area (Å²) in [7, 11) is 1.50. The predicted octanol–water partition coefficient (Wildman–Crippen LogP) is 7.52. The van der Waals surface area contributed by atoms with Crippen LogP contribution in [0.2, 0.25) is 0 Å². The van der Waals surface area contributed by atoms with Crippen LogP contribution in [0, 0.1) is 0 Å². The van der Waals surface area contributed by atoms with Crippen LogP contribution in [-0.4, -0.2) is 21.5 Å². The summed E-state index contributed by atoms with van der Waals surface area (Å²) >= 11 is 0. The Morgan fingerprint density at radius 3 is 0.294 bits per heavy atom. The minimum Gasteiger partial charge on any atom is -0.255 e. The summed E-state index contributed by atoms with van der Waals surface area (Å²) in [6.07, 6.45) is 0. The van der Waals surface area contributed by atoms with Crippen molar-refractivity contribution in [1.82, 2.24) is 0 Å². The fourth-order valence-corrected chi connectivity index (χ4v) is 0. The number of halogens is 3. The van der Waals surface area contributed by atoms with E-state index in [9.17, 15) is 13.2 Å². The van der Waals surface area contributed by atoms with Crippen LogP contribution in [-0.2, 0) is 0 Å². The van der Waals surface area contributed by atoms with Crippen LogP contribution < -0.4 is 0 Å². The Hall–Kier alpha value is -0.210. The molecule has 120 valence electrons. The summed E-state index contributed by atoms with van der Waals surface area (Å²) in [6.45, 7) is 20.0. The minimum atomic E-state index is 0. The average Bonchev–Trinajstić information content (AvgIpc) is 2.54. The largest absolute Gasteiger partial charge is 0.255 e. The molecule has 0 unspecified atom stereocenters. The molecule has 0 aliphatic rings. The van der Waals surface area contributed by atoms with Crippen LogP contribution in [0.25, 0.3) is 0 Å². The van der Waals surface area contributed by atoms with E-state index in [2.05, 4.69) is 0 Å². The van der Waals surface area contributed by atoms with Gasteiger partial charge in [-0.25, -0.2) is 0 Å². The van der Waals surface area contributed by atoms with E-state index >= 15 is 0 Å². The summed E-state index contributed by atoms with van der Waals surface area (Å²) in [6, 6.07) is 0. The molecule has 0 aromatic heterocycles. The van der Waals surface area contributed by atoms with Crippen molar-refractivity contribution >= 4 is 0 Å². The minimum absolute atomic E-state index is 0. The molecule has 0 saturated carbocycles. The first kappa shape index (κ1) is 69.0. The molecule has 0 fully saturated rings. The van der Waals surface area contributed by atoms with Gasteiger partial charge in [0.1, 0.15) is 0 Å². The van der Waals surface area contributed by atoms with Gasteiger partial charge in [-0.1, -0.05) is 76.7 Å². The van der Waals surface area contributed by atoms with Gasteiger partial charge in [0.05, 0.1) is 21.5 Å². The predicted molar refractivity (Wildman–Crippen MR) is 84.6 cm³/mol. The zero-order valence-electron chi connectivity index (χ0n) is 14.1. The molecule has 0 rings (SSSR count). The van der Waals surface area contributed by atoms with Crippen LogP contribution in [0.1, 0.15) is 76.7 Å². The van der Waals surface area contributed by atoms with Crippen molar-refractivity contribution in [3.63, 3.8) is 0 Å². The van der Waals surface area contributed by atoms with Crippen LogP contribution in [0.15, 0.2) is 0 Å². The molecule has 0 amide bonds. The Morgan fingerprint density at radius 1 is 0.294 bits per heavy atom. The van der Waals surface area contributed by atoms with Crippen molar-refractivity contribution in [2.24, 2.45) is 0 Å². The molecule has 0 aliphatic carbocycles. The standard InChI is InChI=1S/5C2H6.3CH3F.CH4/c8*1-2;/h5*1-2H3;3*1H3;1H4/i;;;;;3*2-1;. The van der Waals surface area contributed by atoms with Crippen molar-refractivity contribution in [2.45, 2.75) is 76.7 Å². The highest BCUT2D eigenvalue weighted by atomic mass is 18.2. The van der Waals surface area contributed by atoms with Crippen molar-refractivity contribution in [3.05, 3.63) is 0 Å². The maximum atomic E-state index is 9.50. The molecule has 0 nitrogen and oxygen atoms in total. The lowest BCUT2D eigenvalue weighted by Gasteiger charge is -1.10. The van der Waals surface area contributed by atoms with E-state index in [0.717, 1.165) is 0 Å². The van der Waals surface area contributed by atoms with Crippen molar-refractivity contribution < 1.29 is 13.2 Å². The van der Waals surface area contributed by atoms with Crippen LogP contribution in [0.5, 0.6) is 0 Å². The quantitative estimate of drug-likeness (QED) is 0.424. The highest BCUT2D eigenvalue weighted by Crippen LogP contribution is 1.16. The smallest absolute Gasteiger partial charge is 0.0785 e. The molecule has 0 aromatic carbocycles. The SMILES string of the molecule is C.CC.CC.CC.CC.CC.C[18F].C[18F].C[18F]. The lowest BCUT2D eigenvalue weighted by molar-refractivity contribution is 0.635. The van der Waals surface area contributed by atoms with Gasteiger partial charge in [0.2, 0.25) is 0 Å². The Labute approximate surface area is 112 Å². The second-order valence-electron chi connectivity index (χ2n) is 0. The van der Waals surface area contributed by atoms with Crippen LogP contribution in [0.3, 0.4) is 0 Å². The second kappa shape index (κ2) is 78300. The molecule has 0 saturated heterocycles. The Balaban J connectivity index is -0.00000000610. The van der Waals surface area contributed by atoms with Crippen molar-refractivity contribution in [3.8, 4) is 0 Å². The summed E-state index contributed by atoms with van der Waals surface area (Å²) in [5.41, 5.74) is 0. The maximum Gasteiger partial charge on any atom is 0.0785 e. The molecule has 0 aliphatic heterocycles. The third-order valence-electron chi connectivity index (χ3n) is 0. The molecule has 0 heterocycles. The zero-order valence-corrected chi connectivity index (χ0v) is 14.1. The number of hydrogen-bond acceptors (Lipinski definition) is 0. The van der Waals surface area contributed by atoms with Gasteiger partial charge in [-0.3, -0.25) is 13.2 Å². The summed E-state index contributed by atoms with van der Waals surface area (Å²) in [5.74, 6) is 0. The highest BCUT2D eigenvalue weighted by Gasteiger charge is 0.944. The van der Waals surface area contributed by atoms with Crippen molar-refractivity contribution in [2.75, 3.05) is 21.5 Å². The van der Waals surface area contributed by atoms with Gasteiger partial charge in [0, 0.05) is 0 Å². The van der Waals surface area contributed by atoms with Gasteiger partial charge in [-0.05, 0) is 0 Å². The lowest BCUT2D eigenvalue weighted by Crippen LogP contribution is -0.939. The van der Waals surface area contributed by atoms with Gasteiger partial charge >= 0.3 is 0 Å². The first-order chi connectivity index (χ1) is 8.00. The molecule has 0 aromatic rings. The molecule has 0 radical (unpaired) electrons. The zero-order chi connectivity index (χ0) is 16.0. The molecule has 0 N–H and O–H groups in total. The molecule has 0 bridgehead atoms. The van der Waals surface area contributed by atoms with E-state index in [1.807, 2.05) is 69.2 Å². The van der Waals surface area contributed by atoms with Crippen molar-refractivity contribution in [1.29, 1.82) is 0 Å². The van der Waals surface area contributed by atoms with Crippen LogP contribution in [0.4, 0.5) is 13.2 Å². The topological polar surface area (TPSA) is 0 Å². The van der Waals surface area contributed by atoms with Gasteiger partial charge in [0.15, 0.2) is 0 Å². The van der Waals surface area contributed by atoms with Crippen LogP contribution >= 0.6 is 0 Å². The van der Waals surface area contributed by atoms with Gasteiger partial charge in [0.25, 0.3) is 0 Å². The van der Waals surface area contributed by atoms with Gasteiger partial charge < -0.3 is 0 Å². The third kappa shape index (κ3) is 68100. The summed E-state index contributed by atoms with van der Waals surface area (Å²) in [5, 5.41) is 0. The van der Waals surface area contributed by atoms with Gasteiger partial charge in [-0.2, -0.15) is 0 Å². The van der Waals surface area contributed by atoms with E-state index in [1.165, 1.54) is 0 Å². The lowest BCUT2D eigenvalue weighted by atomic mass is 11.0. The first-order valence-corrected chi connectivity index (χ1v) is 6.13. The monoisotopic (exact) mass is 265 g/mol. The van der Waals surface area contributed by atoms with E-state index in [4.69, 9.17) is 0 Å². The van der Waals surface area contributed by atoms with E-state index in [0.29, 0.717) is 21.5 Å². The first-order valence-electron chi connectivity index (χ1n) is 6.13. The molecule has 0 atom stereocenters. The van der Waals surface area contributed by atoms with E-state index in [1.54, 1.807) is 0 Å². The fourth-order valence-electron chi connectivity index (χ4n) is 0. The number of rotatable bonds is 0. The average molecular weight is 266 g/mol. The highest BCUT2D eigenvalue weighted by molar-refractivity contribution is 3.51. The Bertz CT molecular complexity index is 11.4. The number of hydrogen-bond donors (Lipinski definition) is 0. The van der Waals surface area contributed by atoms with Gasteiger partial charge in [-0.15, -0.1) is 0 Å². The number of alkyl halides is 3. The van der Waals surface area contributed by atoms with E-state index in [-0.39, 0.29) is 7.43 Å². The maximum absolute atomic E-state index is 9.50. The fraction of sp³-hybridized carbons (Fsp3) is 1.00. The third-order valence-corrected chi connectivity index (χ3v) is 0. The summed E-state index contributed by atoms with van der Waals surface area (Å²) in [4.78, 5) is 0. The normalized spacial score (nSPS) is 2.82. The molecular weight excluding hydrogens is 222 g/mol. The summed E-state index contributed by atoms with van der Waals surface area (Å²) < 4.78 is 28.5. The Kier molecular flexibility index (Phi) is 318000. The van der Waals surface area contributed by atoms with E-state index < -0.39 is 0 Å². The second-order valence-corrected chi connectivity index (χ2v) is 0. The molecule has 0 spiro atoms. The Morgan fingerprint density at radius 2 is 0.294 bits per heavy atom.